The van der Waals surface area contributed by atoms with Gasteiger partial charge in [0.15, 0.2) is 0 Å². The summed E-state index contributed by atoms with van der Waals surface area (Å²) in [4.78, 5) is 11.2. The lowest BCUT2D eigenvalue weighted by Gasteiger charge is -2.06. The fourth-order valence-corrected chi connectivity index (χ4v) is 1.02. The van der Waals surface area contributed by atoms with Crippen LogP contribution in [0.2, 0.25) is 0 Å². The zero-order valence-corrected chi connectivity index (χ0v) is 9.83. The van der Waals surface area contributed by atoms with Crippen molar-refractivity contribution in [1.82, 2.24) is 10.6 Å². The van der Waals surface area contributed by atoms with E-state index in [0.717, 1.165) is 6.42 Å². The molecule has 0 aromatic carbocycles. The molecule has 16 heavy (non-hydrogen) atoms. The molecule has 1 amide bonds. The summed E-state index contributed by atoms with van der Waals surface area (Å²) in [6, 6.07) is 0. The molecule has 0 radical (unpaired) electrons. The SMILES string of the molecule is COCCCNC(=O)CNCCOCCO. The van der Waals surface area contributed by atoms with E-state index in [9.17, 15) is 4.79 Å². The van der Waals surface area contributed by atoms with Crippen LogP contribution in [-0.4, -0.2) is 64.2 Å². The van der Waals surface area contributed by atoms with Crippen LogP contribution in [-0.2, 0) is 14.3 Å². The Morgan fingerprint density at radius 1 is 1.25 bits per heavy atom. The van der Waals surface area contributed by atoms with Gasteiger partial charge in [-0.25, -0.2) is 0 Å². The maximum Gasteiger partial charge on any atom is 0.233 e. The van der Waals surface area contributed by atoms with Crippen LogP contribution >= 0.6 is 0 Å². The second kappa shape index (κ2) is 12.4. The smallest absolute Gasteiger partial charge is 0.233 e. The van der Waals surface area contributed by atoms with Crippen molar-refractivity contribution in [2.75, 3.05) is 53.2 Å². The minimum Gasteiger partial charge on any atom is -0.394 e. The third-order valence-electron chi connectivity index (χ3n) is 1.79. The van der Waals surface area contributed by atoms with Crippen molar-refractivity contribution in [2.24, 2.45) is 0 Å². The number of aliphatic hydroxyl groups excluding tert-OH is 1. The first kappa shape index (κ1) is 15.3. The van der Waals surface area contributed by atoms with E-state index in [1.807, 2.05) is 0 Å². The summed E-state index contributed by atoms with van der Waals surface area (Å²) in [7, 11) is 1.63. The first-order chi connectivity index (χ1) is 7.81. The topological polar surface area (TPSA) is 79.8 Å². The van der Waals surface area contributed by atoms with Crippen molar-refractivity contribution < 1.29 is 19.4 Å². The fraction of sp³-hybridized carbons (Fsp3) is 0.900. The number of aliphatic hydroxyl groups is 1. The molecule has 96 valence electrons. The van der Waals surface area contributed by atoms with E-state index in [1.54, 1.807) is 7.11 Å². The number of nitrogens with one attached hydrogen (secondary N) is 2. The molecule has 6 heteroatoms. The van der Waals surface area contributed by atoms with E-state index in [2.05, 4.69) is 10.6 Å². The first-order valence-corrected chi connectivity index (χ1v) is 5.46. The lowest BCUT2D eigenvalue weighted by atomic mass is 10.4. The van der Waals surface area contributed by atoms with Gasteiger partial charge in [0.25, 0.3) is 0 Å². The molecule has 0 aliphatic carbocycles. The Morgan fingerprint density at radius 2 is 2.06 bits per heavy atom. The number of hydrogen-bond acceptors (Lipinski definition) is 5. The standard InChI is InChI=1S/C10H22N2O4/c1-15-6-2-3-12-10(14)9-11-4-7-16-8-5-13/h11,13H,2-9H2,1H3,(H,12,14). The van der Waals surface area contributed by atoms with Gasteiger partial charge in [0.2, 0.25) is 5.91 Å². The van der Waals surface area contributed by atoms with Crippen molar-refractivity contribution in [1.29, 1.82) is 0 Å². The zero-order valence-electron chi connectivity index (χ0n) is 9.83. The maximum absolute atomic E-state index is 11.2. The average molecular weight is 234 g/mol. The van der Waals surface area contributed by atoms with E-state index in [1.165, 1.54) is 0 Å². The molecule has 0 aromatic heterocycles. The normalized spacial score (nSPS) is 10.4. The van der Waals surface area contributed by atoms with Gasteiger partial charge in [-0.3, -0.25) is 4.79 Å². The summed E-state index contributed by atoms with van der Waals surface area (Å²) in [5, 5.41) is 14.1. The Balaban J connectivity index is 3.11. The predicted molar refractivity (Wildman–Crippen MR) is 60.3 cm³/mol. The molecule has 0 saturated heterocycles. The number of ether oxygens (including phenoxy) is 2. The lowest BCUT2D eigenvalue weighted by Crippen LogP contribution is -2.36. The average Bonchev–Trinajstić information content (AvgIpc) is 2.29. The third kappa shape index (κ3) is 11.4. The molecule has 0 heterocycles. The summed E-state index contributed by atoms with van der Waals surface area (Å²) >= 11 is 0. The van der Waals surface area contributed by atoms with Crippen LogP contribution in [0, 0.1) is 0 Å². The van der Waals surface area contributed by atoms with E-state index >= 15 is 0 Å². The Labute approximate surface area is 96.3 Å². The van der Waals surface area contributed by atoms with Crippen molar-refractivity contribution in [3.8, 4) is 0 Å². The van der Waals surface area contributed by atoms with Crippen molar-refractivity contribution in [3.63, 3.8) is 0 Å². The van der Waals surface area contributed by atoms with E-state index in [-0.39, 0.29) is 19.1 Å². The zero-order chi connectivity index (χ0) is 12.1. The van der Waals surface area contributed by atoms with Gasteiger partial charge in [-0.05, 0) is 6.42 Å². The minimum atomic E-state index is -0.0294. The van der Waals surface area contributed by atoms with Crippen molar-refractivity contribution in [2.45, 2.75) is 6.42 Å². The van der Waals surface area contributed by atoms with Crippen LogP contribution in [0.1, 0.15) is 6.42 Å². The van der Waals surface area contributed by atoms with Crippen LogP contribution in [0.3, 0.4) is 0 Å². The van der Waals surface area contributed by atoms with Crippen LogP contribution in [0.5, 0.6) is 0 Å². The Hall–Kier alpha value is -0.690. The van der Waals surface area contributed by atoms with Crippen molar-refractivity contribution in [3.05, 3.63) is 0 Å². The number of methoxy groups -OCH3 is 1. The van der Waals surface area contributed by atoms with Gasteiger partial charge in [0.1, 0.15) is 0 Å². The highest BCUT2D eigenvalue weighted by Gasteiger charge is 1.98. The van der Waals surface area contributed by atoms with Gasteiger partial charge in [-0.1, -0.05) is 0 Å². The molecule has 0 atom stereocenters. The Morgan fingerprint density at radius 3 is 2.75 bits per heavy atom. The molecule has 0 aromatic rings. The molecule has 0 spiro atoms. The highest BCUT2D eigenvalue weighted by atomic mass is 16.5. The summed E-state index contributed by atoms with van der Waals surface area (Å²) in [5.41, 5.74) is 0. The number of carbonyl (C=O) groups excluding carboxylic acids is 1. The second-order valence-corrected chi connectivity index (χ2v) is 3.21. The van der Waals surface area contributed by atoms with Gasteiger partial charge >= 0.3 is 0 Å². The Bertz CT molecular complexity index is 167. The van der Waals surface area contributed by atoms with Crippen LogP contribution < -0.4 is 10.6 Å². The summed E-state index contributed by atoms with van der Waals surface area (Å²) in [6.45, 7) is 3.04. The van der Waals surface area contributed by atoms with Crippen LogP contribution in [0.4, 0.5) is 0 Å². The quantitative estimate of drug-likeness (QED) is 0.389. The fourth-order valence-electron chi connectivity index (χ4n) is 1.02. The van der Waals surface area contributed by atoms with Gasteiger partial charge in [-0.15, -0.1) is 0 Å². The second-order valence-electron chi connectivity index (χ2n) is 3.21. The number of amides is 1. The van der Waals surface area contributed by atoms with Gasteiger partial charge in [-0.2, -0.15) is 0 Å². The molecule has 0 saturated carbocycles. The molecule has 0 aliphatic rings. The first-order valence-electron chi connectivity index (χ1n) is 5.46. The number of hydrogen-bond donors (Lipinski definition) is 3. The molecule has 0 bridgehead atoms. The van der Waals surface area contributed by atoms with Crippen molar-refractivity contribution >= 4 is 5.91 Å². The van der Waals surface area contributed by atoms with Gasteiger partial charge < -0.3 is 25.2 Å². The monoisotopic (exact) mass is 234 g/mol. The summed E-state index contributed by atoms with van der Waals surface area (Å²) in [5.74, 6) is -0.0294. The van der Waals surface area contributed by atoms with E-state index in [4.69, 9.17) is 14.6 Å². The highest BCUT2D eigenvalue weighted by molar-refractivity contribution is 5.77. The van der Waals surface area contributed by atoms with Gasteiger partial charge in [0.05, 0.1) is 26.4 Å². The molecule has 6 nitrogen and oxygen atoms in total. The molecular weight excluding hydrogens is 212 g/mol. The maximum atomic E-state index is 11.2. The molecular formula is C10H22N2O4. The molecule has 0 rings (SSSR count). The van der Waals surface area contributed by atoms with Gasteiger partial charge in [0, 0.05) is 26.8 Å². The van der Waals surface area contributed by atoms with Crippen LogP contribution in [0.15, 0.2) is 0 Å². The third-order valence-corrected chi connectivity index (χ3v) is 1.79. The van der Waals surface area contributed by atoms with E-state index < -0.39 is 0 Å². The minimum absolute atomic E-state index is 0.0278. The lowest BCUT2D eigenvalue weighted by molar-refractivity contribution is -0.120. The summed E-state index contributed by atoms with van der Waals surface area (Å²) < 4.78 is 9.87. The molecule has 0 unspecified atom stereocenters. The predicted octanol–water partition coefficient (Wildman–Crippen LogP) is -1.26. The van der Waals surface area contributed by atoms with E-state index in [0.29, 0.717) is 32.9 Å². The van der Waals surface area contributed by atoms with Crippen LogP contribution in [0.25, 0.3) is 0 Å². The largest absolute Gasteiger partial charge is 0.394 e. The Kier molecular flexibility index (Phi) is 11.8. The highest BCUT2D eigenvalue weighted by Crippen LogP contribution is 1.77. The molecule has 0 aliphatic heterocycles. The number of carbonyl (C=O) groups is 1. The number of rotatable bonds is 11. The summed E-state index contributed by atoms with van der Waals surface area (Å²) in [6.07, 6.45) is 0.821. The molecule has 0 fully saturated rings. The molecule has 3 N–H and O–H groups in total.